The number of rotatable bonds is 10. The van der Waals surface area contributed by atoms with E-state index in [1.165, 1.54) is 25.7 Å². The first-order valence-electron chi connectivity index (χ1n) is 6.55. The quantitative estimate of drug-likeness (QED) is 0.634. The third-order valence-electron chi connectivity index (χ3n) is 2.69. The summed E-state index contributed by atoms with van der Waals surface area (Å²) in [6, 6.07) is 6.00. The van der Waals surface area contributed by atoms with Crippen LogP contribution in [0.15, 0.2) is 24.4 Å². The molecule has 0 bridgehead atoms. The molecule has 0 amide bonds. The predicted octanol–water partition coefficient (Wildman–Crippen LogP) is 2.42. The molecule has 96 valence electrons. The minimum atomic E-state index is 0.785. The maximum atomic E-state index is 5.59. The Morgan fingerprint density at radius 1 is 1.12 bits per heavy atom. The smallest absolute Gasteiger partial charge is 0.0521 e. The Labute approximate surface area is 105 Å². The molecule has 0 aliphatic heterocycles. The lowest BCUT2D eigenvalue weighted by Crippen LogP contribution is -2.07. The van der Waals surface area contributed by atoms with Crippen molar-refractivity contribution >= 4 is 0 Å². The van der Waals surface area contributed by atoms with E-state index < -0.39 is 0 Å². The summed E-state index contributed by atoms with van der Waals surface area (Å²) in [4.78, 5) is 4.26. The van der Waals surface area contributed by atoms with Crippen molar-refractivity contribution in [2.45, 2.75) is 32.1 Å². The van der Waals surface area contributed by atoms with Gasteiger partial charge >= 0.3 is 0 Å². The monoisotopic (exact) mass is 236 g/mol. The average Bonchev–Trinajstić information content (AvgIpc) is 2.38. The molecule has 1 rings (SSSR count). The van der Waals surface area contributed by atoms with Gasteiger partial charge in [-0.25, -0.2) is 0 Å². The molecule has 0 aliphatic carbocycles. The molecule has 0 spiro atoms. The van der Waals surface area contributed by atoms with Crippen molar-refractivity contribution in [2.75, 3.05) is 26.8 Å². The standard InChI is InChI=1S/C14H24N2O/c1-15-10-5-2-3-7-12-17-13-9-14-8-4-6-11-16-14/h4,6,8,11,15H,2-3,5,7,9-10,12-13H2,1H3. The molecule has 1 heterocycles. The number of nitrogens with one attached hydrogen (secondary N) is 1. The van der Waals surface area contributed by atoms with Gasteiger partial charge < -0.3 is 10.1 Å². The number of ether oxygens (including phenoxy) is 1. The van der Waals surface area contributed by atoms with Gasteiger partial charge in [-0.05, 0) is 38.6 Å². The molecule has 0 unspecified atom stereocenters. The van der Waals surface area contributed by atoms with E-state index in [1.807, 2.05) is 31.4 Å². The van der Waals surface area contributed by atoms with Gasteiger partial charge in [0.1, 0.15) is 0 Å². The number of unbranched alkanes of at least 4 members (excludes halogenated alkanes) is 3. The van der Waals surface area contributed by atoms with E-state index in [1.54, 1.807) is 0 Å². The van der Waals surface area contributed by atoms with Crippen LogP contribution in [0.2, 0.25) is 0 Å². The van der Waals surface area contributed by atoms with E-state index in [0.717, 1.165) is 31.9 Å². The second kappa shape index (κ2) is 10.2. The van der Waals surface area contributed by atoms with Crippen LogP contribution in [0.4, 0.5) is 0 Å². The Bertz CT molecular complexity index is 264. The fourth-order valence-corrected chi connectivity index (χ4v) is 1.68. The molecule has 3 nitrogen and oxygen atoms in total. The zero-order chi connectivity index (χ0) is 12.2. The number of hydrogen-bond donors (Lipinski definition) is 1. The van der Waals surface area contributed by atoms with Gasteiger partial charge in [0.25, 0.3) is 0 Å². The van der Waals surface area contributed by atoms with E-state index >= 15 is 0 Å². The number of nitrogens with zero attached hydrogens (tertiary/aromatic N) is 1. The van der Waals surface area contributed by atoms with Gasteiger partial charge in [0.15, 0.2) is 0 Å². The number of hydrogen-bond acceptors (Lipinski definition) is 3. The zero-order valence-corrected chi connectivity index (χ0v) is 10.8. The fourth-order valence-electron chi connectivity index (χ4n) is 1.68. The van der Waals surface area contributed by atoms with Crippen molar-refractivity contribution in [3.8, 4) is 0 Å². The van der Waals surface area contributed by atoms with E-state index in [4.69, 9.17) is 4.74 Å². The molecule has 1 aromatic rings. The molecular weight excluding hydrogens is 212 g/mol. The van der Waals surface area contributed by atoms with Crippen molar-refractivity contribution < 1.29 is 4.74 Å². The summed E-state index contributed by atoms with van der Waals surface area (Å²) in [5.74, 6) is 0. The minimum absolute atomic E-state index is 0.785. The van der Waals surface area contributed by atoms with Gasteiger partial charge in [-0.15, -0.1) is 0 Å². The molecule has 1 aromatic heterocycles. The predicted molar refractivity (Wildman–Crippen MR) is 71.2 cm³/mol. The van der Waals surface area contributed by atoms with E-state index in [9.17, 15) is 0 Å². The van der Waals surface area contributed by atoms with Gasteiger partial charge in [0.2, 0.25) is 0 Å². The summed E-state index contributed by atoms with van der Waals surface area (Å²) in [5.41, 5.74) is 1.11. The van der Waals surface area contributed by atoms with Crippen LogP contribution in [0.3, 0.4) is 0 Å². The fraction of sp³-hybridized carbons (Fsp3) is 0.643. The van der Waals surface area contributed by atoms with Crippen molar-refractivity contribution in [1.29, 1.82) is 0 Å². The first-order chi connectivity index (χ1) is 8.43. The Morgan fingerprint density at radius 2 is 2.00 bits per heavy atom. The SMILES string of the molecule is CNCCCCCCOCCc1ccccn1. The molecule has 0 saturated carbocycles. The van der Waals surface area contributed by atoms with E-state index in [-0.39, 0.29) is 0 Å². The Kier molecular flexibility index (Phi) is 8.51. The highest BCUT2D eigenvalue weighted by Crippen LogP contribution is 2.00. The molecule has 0 fully saturated rings. The Balaban J connectivity index is 1.85. The first kappa shape index (κ1) is 14.1. The summed E-state index contributed by atoms with van der Waals surface area (Å²) >= 11 is 0. The van der Waals surface area contributed by atoms with Gasteiger partial charge in [-0.3, -0.25) is 4.98 Å². The molecule has 0 aliphatic rings. The van der Waals surface area contributed by atoms with Gasteiger partial charge in [-0.1, -0.05) is 18.9 Å². The molecule has 0 atom stereocenters. The molecule has 17 heavy (non-hydrogen) atoms. The van der Waals surface area contributed by atoms with Crippen LogP contribution >= 0.6 is 0 Å². The van der Waals surface area contributed by atoms with Crippen LogP contribution in [0.5, 0.6) is 0 Å². The van der Waals surface area contributed by atoms with E-state index in [0.29, 0.717) is 0 Å². The maximum absolute atomic E-state index is 5.59. The third kappa shape index (κ3) is 7.88. The van der Waals surface area contributed by atoms with Gasteiger partial charge in [0, 0.05) is 24.9 Å². The van der Waals surface area contributed by atoms with Gasteiger partial charge in [-0.2, -0.15) is 0 Å². The molecule has 0 radical (unpaired) electrons. The first-order valence-corrected chi connectivity index (χ1v) is 6.55. The number of aromatic nitrogens is 1. The summed E-state index contributed by atoms with van der Waals surface area (Å²) in [7, 11) is 2.00. The topological polar surface area (TPSA) is 34.1 Å². The van der Waals surface area contributed by atoms with Crippen molar-refractivity contribution in [3.63, 3.8) is 0 Å². The van der Waals surface area contributed by atoms with E-state index in [2.05, 4.69) is 10.3 Å². The normalized spacial score (nSPS) is 10.6. The minimum Gasteiger partial charge on any atom is -0.381 e. The second-order valence-corrected chi connectivity index (χ2v) is 4.20. The molecule has 0 aromatic carbocycles. The highest BCUT2D eigenvalue weighted by molar-refractivity contribution is 5.03. The molecular formula is C14H24N2O. The highest BCUT2D eigenvalue weighted by atomic mass is 16.5. The number of pyridine rings is 1. The lowest BCUT2D eigenvalue weighted by atomic mass is 10.2. The highest BCUT2D eigenvalue weighted by Gasteiger charge is 1.94. The lowest BCUT2D eigenvalue weighted by Gasteiger charge is -2.04. The van der Waals surface area contributed by atoms with Crippen LogP contribution < -0.4 is 5.32 Å². The van der Waals surface area contributed by atoms with Gasteiger partial charge in [0.05, 0.1) is 6.61 Å². The average molecular weight is 236 g/mol. The maximum Gasteiger partial charge on any atom is 0.0521 e. The van der Waals surface area contributed by atoms with Crippen molar-refractivity contribution in [2.24, 2.45) is 0 Å². The largest absolute Gasteiger partial charge is 0.381 e. The van der Waals surface area contributed by atoms with Crippen molar-refractivity contribution in [3.05, 3.63) is 30.1 Å². The Morgan fingerprint density at radius 3 is 2.76 bits per heavy atom. The van der Waals surface area contributed by atoms with Crippen LogP contribution in [0.25, 0.3) is 0 Å². The summed E-state index contributed by atoms with van der Waals surface area (Å²) in [6.45, 7) is 2.79. The van der Waals surface area contributed by atoms with Crippen LogP contribution in [-0.4, -0.2) is 31.8 Å². The summed E-state index contributed by atoms with van der Waals surface area (Å²) < 4.78 is 5.59. The lowest BCUT2D eigenvalue weighted by molar-refractivity contribution is 0.132. The third-order valence-corrected chi connectivity index (χ3v) is 2.69. The van der Waals surface area contributed by atoms with Crippen LogP contribution in [0, 0.1) is 0 Å². The summed E-state index contributed by atoms with van der Waals surface area (Å²) in [6.07, 6.45) is 7.75. The zero-order valence-electron chi connectivity index (χ0n) is 10.8. The summed E-state index contributed by atoms with van der Waals surface area (Å²) in [5, 5.41) is 3.16. The van der Waals surface area contributed by atoms with Crippen LogP contribution in [-0.2, 0) is 11.2 Å². The van der Waals surface area contributed by atoms with Crippen LogP contribution in [0.1, 0.15) is 31.4 Å². The van der Waals surface area contributed by atoms with Crippen molar-refractivity contribution in [1.82, 2.24) is 10.3 Å². The molecule has 0 saturated heterocycles. The molecule has 3 heteroatoms. The second-order valence-electron chi connectivity index (χ2n) is 4.20. The molecule has 1 N–H and O–H groups in total. The Hall–Kier alpha value is -0.930.